The van der Waals surface area contributed by atoms with Crippen molar-refractivity contribution in [3.63, 3.8) is 0 Å². The van der Waals surface area contributed by atoms with Crippen LogP contribution < -0.4 is 0 Å². The third-order valence-electron chi connectivity index (χ3n) is 5.21. The van der Waals surface area contributed by atoms with Crippen LogP contribution >= 0.6 is 0 Å². The third kappa shape index (κ3) is 3.75. The fourth-order valence-corrected chi connectivity index (χ4v) is 3.82. The Morgan fingerprint density at radius 1 is 1.25 bits per heavy atom. The Balaban J connectivity index is 1.48. The molecule has 0 saturated carbocycles. The lowest BCUT2D eigenvalue weighted by Gasteiger charge is -2.16. The smallest absolute Gasteiger partial charge is 0.255 e. The van der Waals surface area contributed by atoms with E-state index in [0.717, 1.165) is 29.7 Å². The van der Waals surface area contributed by atoms with Gasteiger partial charge in [0.25, 0.3) is 5.91 Å². The molecule has 1 saturated heterocycles. The van der Waals surface area contributed by atoms with Crippen molar-refractivity contribution >= 4 is 17.1 Å². The molecule has 28 heavy (non-hydrogen) atoms. The van der Waals surface area contributed by atoms with E-state index in [1.54, 1.807) is 35.9 Å². The molecule has 7 heteroatoms. The van der Waals surface area contributed by atoms with Crippen molar-refractivity contribution in [2.45, 2.75) is 32.9 Å². The quantitative estimate of drug-likeness (QED) is 0.734. The van der Waals surface area contributed by atoms with Crippen LogP contribution in [0.15, 0.2) is 43.1 Å². The average Bonchev–Trinajstić information content (AvgIpc) is 3.25. The van der Waals surface area contributed by atoms with Crippen molar-refractivity contribution in [2.24, 2.45) is 11.8 Å². The molecule has 0 spiro atoms. The van der Waals surface area contributed by atoms with Gasteiger partial charge in [0.15, 0.2) is 5.65 Å². The SMILES string of the molecule is CC(C)Cn1cnc2cc(C(=O)N3C[C@@H](Cc4ccncc4)[C@@H](O)C3)cnc21. The third-order valence-corrected chi connectivity index (χ3v) is 5.21. The number of fused-ring (bicyclic) bond motifs is 1. The van der Waals surface area contributed by atoms with Crippen LogP contribution in [0.1, 0.15) is 29.8 Å². The number of hydrogen-bond donors (Lipinski definition) is 1. The van der Waals surface area contributed by atoms with Gasteiger partial charge < -0.3 is 14.6 Å². The zero-order chi connectivity index (χ0) is 19.7. The van der Waals surface area contributed by atoms with Crippen LogP contribution in [0.5, 0.6) is 0 Å². The van der Waals surface area contributed by atoms with E-state index in [-0.39, 0.29) is 11.8 Å². The Hall–Kier alpha value is -2.80. The highest BCUT2D eigenvalue weighted by molar-refractivity contribution is 5.96. The number of amides is 1. The van der Waals surface area contributed by atoms with Gasteiger partial charge in [-0.1, -0.05) is 13.8 Å². The molecule has 146 valence electrons. The Labute approximate surface area is 164 Å². The van der Waals surface area contributed by atoms with E-state index in [4.69, 9.17) is 0 Å². The summed E-state index contributed by atoms with van der Waals surface area (Å²) in [5.41, 5.74) is 3.15. The number of carbonyl (C=O) groups is 1. The first-order valence-electron chi connectivity index (χ1n) is 9.68. The summed E-state index contributed by atoms with van der Waals surface area (Å²) in [4.78, 5) is 27.6. The number of hydrogen-bond acceptors (Lipinski definition) is 5. The maximum absolute atomic E-state index is 12.9. The summed E-state index contributed by atoms with van der Waals surface area (Å²) < 4.78 is 2.01. The first kappa shape index (κ1) is 18.6. The van der Waals surface area contributed by atoms with Gasteiger partial charge in [-0.2, -0.15) is 0 Å². The lowest BCUT2D eigenvalue weighted by Crippen LogP contribution is -2.29. The molecule has 1 aliphatic heterocycles. The van der Waals surface area contributed by atoms with Crippen LogP contribution in [0.3, 0.4) is 0 Å². The van der Waals surface area contributed by atoms with Gasteiger partial charge in [-0.15, -0.1) is 0 Å². The van der Waals surface area contributed by atoms with E-state index in [1.807, 2.05) is 16.7 Å². The largest absolute Gasteiger partial charge is 0.391 e. The second-order valence-electron chi connectivity index (χ2n) is 7.95. The van der Waals surface area contributed by atoms with Crippen molar-refractivity contribution in [3.8, 4) is 0 Å². The number of nitrogens with zero attached hydrogens (tertiary/aromatic N) is 5. The minimum atomic E-state index is -0.529. The molecule has 2 atom stereocenters. The molecular formula is C21H25N5O2. The summed E-state index contributed by atoms with van der Waals surface area (Å²) >= 11 is 0. The van der Waals surface area contributed by atoms with E-state index < -0.39 is 6.10 Å². The number of pyridine rings is 2. The highest BCUT2D eigenvalue weighted by Crippen LogP contribution is 2.24. The second kappa shape index (κ2) is 7.67. The molecule has 0 bridgehead atoms. The van der Waals surface area contributed by atoms with Crippen LogP contribution in [-0.4, -0.2) is 54.6 Å². The van der Waals surface area contributed by atoms with E-state index >= 15 is 0 Å². The molecule has 1 fully saturated rings. The Kier molecular flexibility index (Phi) is 5.09. The zero-order valence-electron chi connectivity index (χ0n) is 16.2. The van der Waals surface area contributed by atoms with Crippen molar-refractivity contribution < 1.29 is 9.90 Å². The van der Waals surface area contributed by atoms with Crippen molar-refractivity contribution in [1.29, 1.82) is 0 Å². The predicted molar refractivity (Wildman–Crippen MR) is 106 cm³/mol. The highest BCUT2D eigenvalue weighted by atomic mass is 16.3. The van der Waals surface area contributed by atoms with Gasteiger partial charge in [0.2, 0.25) is 0 Å². The lowest BCUT2D eigenvalue weighted by molar-refractivity contribution is 0.0764. The van der Waals surface area contributed by atoms with Crippen LogP contribution in [0.2, 0.25) is 0 Å². The normalized spacial score (nSPS) is 19.6. The number of aromatic nitrogens is 4. The van der Waals surface area contributed by atoms with E-state index in [2.05, 4.69) is 28.8 Å². The molecule has 3 aromatic rings. The van der Waals surface area contributed by atoms with Gasteiger partial charge in [-0.25, -0.2) is 9.97 Å². The molecule has 0 radical (unpaired) electrons. The summed E-state index contributed by atoms with van der Waals surface area (Å²) in [7, 11) is 0. The molecule has 0 unspecified atom stereocenters. The maximum Gasteiger partial charge on any atom is 0.255 e. The monoisotopic (exact) mass is 379 g/mol. The topological polar surface area (TPSA) is 84.1 Å². The van der Waals surface area contributed by atoms with Gasteiger partial charge in [-0.3, -0.25) is 9.78 Å². The Bertz CT molecular complexity index is 969. The van der Waals surface area contributed by atoms with E-state index in [0.29, 0.717) is 24.6 Å². The molecule has 4 rings (SSSR count). The molecule has 7 nitrogen and oxygen atoms in total. The predicted octanol–water partition coefficient (Wildman–Crippen LogP) is 2.16. The fraction of sp³-hybridized carbons (Fsp3) is 0.429. The molecule has 4 heterocycles. The van der Waals surface area contributed by atoms with Gasteiger partial charge in [0.1, 0.15) is 5.52 Å². The molecule has 3 aromatic heterocycles. The molecule has 1 N–H and O–H groups in total. The van der Waals surface area contributed by atoms with Gasteiger partial charge in [0.05, 0.1) is 18.0 Å². The van der Waals surface area contributed by atoms with Crippen molar-refractivity contribution in [2.75, 3.05) is 13.1 Å². The Morgan fingerprint density at radius 2 is 2.04 bits per heavy atom. The number of likely N-dealkylation sites (tertiary alicyclic amines) is 1. The molecule has 0 aliphatic carbocycles. The molecular weight excluding hydrogens is 354 g/mol. The summed E-state index contributed by atoms with van der Waals surface area (Å²) in [5, 5.41) is 10.4. The lowest BCUT2D eigenvalue weighted by atomic mass is 9.97. The van der Waals surface area contributed by atoms with Gasteiger partial charge in [0, 0.05) is 44.1 Å². The second-order valence-corrected chi connectivity index (χ2v) is 7.95. The van der Waals surface area contributed by atoms with E-state index in [1.165, 1.54) is 0 Å². The first-order valence-corrected chi connectivity index (χ1v) is 9.68. The Morgan fingerprint density at radius 3 is 2.79 bits per heavy atom. The number of β-amino-alcohol motifs (C(OH)–C–C–N with tert-alkyl or cyclic N) is 1. The summed E-state index contributed by atoms with van der Waals surface area (Å²) in [5.74, 6) is 0.404. The fourth-order valence-electron chi connectivity index (χ4n) is 3.82. The molecule has 1 aliphatic rings. The summed E-state index contributed by atoms with van der Waals surface area (Å²) in [6, 6.07) is 5.69. The number of aliphatic hydroxyl groups excluding tert-OH is 1. The van der Waals surface area contributed by atoms with Crippen LogP contribution in [0, 0.1) is 11.8 Å². The summed E-state index contributed by atoms with van der Waals surface area (Å²) in [6.07, 6.45) is 7.09. The summed E-state index contributed by atoms with van der Waals surface area (Å²) in [6.45, 7) is 6.00. The average molecular weight is 379 g/mol. The minimum Gasteiger partial charge on any atom is -0.391 e. The number of carbonyl (C=O) groups excluding carboxylic acids is 1. The molecule has 1 amide bonds. The maximum atomic E-state index is 12.9. The minimum absolute atomic E-state index is 0.0216. The number of imidazole rings is 1. The number of rotatable bonds is 5. The van der Waals surface area contributed by atoms with Crippen molar-refractivity contribution in [1.82, 2.24) is 24.4 Å². The van der Waals surface area contributed by atoms with Gasteiger partial charge in [-0.05, 0) is 36.1 Å². The number of aliphatic hydroxyl groups is 1. The van der Waals surface area contributed by atoms with Crippen molar-refractivity contribution in [3.05, 3.63) is 54.2 Å². The van der Waals surface area contributed by atoms with Gasteiger partial charge >= 0.3 is 0 Å². The zero-order valence-corrected chi connectivity index (χ0v) is 16.2. The van der Waals surface area contributed by atoms with Crippen LogP contribution in [-0.2, 0) is 13.0 Å². The van der Waals surface area contributed by atoms with Crippen LogP contribution in [0.4, 0.5) is 0 Å². The highest BCUT2D eigenvalue weighted by Gasteiger charge is 2.34. The van der Waals surface area contributed by atoms with E-state index in [9.17, 15) is 9.90 Å². The standard InChI is InChI=1S/C21H25N5O2/c1-14(2)10-26-13-24-18-8-16(9-23-20(18)26)21(28)25-11-17(19(27)12-25)7-15-3-5-22-6-4-15/h3-6,8-9,13-14,17,19,27H,7,10-12H2,1-2H3/t17-,19+/m1/s1. The first-order chi connectivity index (χ1) is 13.5. The molecule has 0 aromatic carbocycles. The van der Waals surface area contributed by atoms with Crippen LogP contribution in [0.25, 0.3) is 11.2 Å².